The fraction of sp³-hybridized carbons (Fsp3) is 0.316. The van der Waals surface area contributed by atoms with E-state index in [1.807, 2.05) is 19.1 Å². The minimum atomic E-state index is -0.835. The monoisotopic (exact) mass is 355 g/mol. The van der Waals surface area contributed by atoms with Crippen molar-refractivity contribution in [2.24, 2.45) is 0 Å². The molecule has 136 valence electrons. The number of H-pyrrole nitrogens is 1. The van der Waals surface area contributed by atoms with Crippen LogP contribution >= 0.6 is 0 Å². The number of nitrogens with one attached hydrogen (secondary N) is 2. The molecule has 2 N–H and O–H groups in total. The van der Waals surface area contributed by atoms with Crippen LogP contribution in [0.5, 0.6) is 5.75 Å². The highest BCUT2D eigenvalue weighted by atomic mass is 16.5. The predicted octanol–water partition coefficient (Wildman–Crippen LogP) is 1.42. The van der Waals surface area contributed by atoms with E-state index in [1.54, 1.807) is 25.1 Å². The molecule has 0 aliphatic carbocycles. The molecule has 0 fully saturated rings. The molecule has 0 saturated carbocycles. The van der Waals surface area contributed by atoms with Gasteiger partial charge in [-0.05, 0) is 37.6 Å². The van der Waals surface area contributed by atoms with E-state index in [4.69, 9.17) is 4.74 Å². The predicted molar refractivity (Wildman–Crippen MR) is 97.3 cm³/mol. The SMILES string of the molecule is CC(=O)N1C[C@H](C(=O)NCc2c(C)cc(C)[nH]c2=O)Oc2ccccc21. The van der Waals surface area contributed by atoms with Crippen LogP contribution in [0.2, 0.25) is 0 Å². The number of para-hydroxylation sites is 2. The van der Waals surface area contributed by atoms with Crippen LogP contribution in [0.4, 0.5) is 5.69 Å². The van der Waals surface area contributed by atoms with E-state index in [9.17, 15) is 14.4 Å². The van der Waals surface area contributed by atoms with Crippen LogP contribution in [0, 0.1) is 13.8 Å². The number of nitrogens with zero attached hydrogens (tertiary/aromatic N) is 1. The summed E-state index contributed by atoms with van der Waals surface area (Å²) in [6.07, 6.45) is -0.835. The molecule has 2 amide bonds. The topological polar surface area (TPSA) is 91.5 Å². The van der Waals surface area contributed by atoms with E-state index >= 15 is 0 Å². The molecule has 26 heavy (non-hydrogen) atoms. The van der Waals surface area contributed by atoms with E-state index in [1.165, 1.54) is 11.8 Å². The highest BCUT2D eigenvalue weighted by Gasteiger charge is 2.32. The smallest absolute Gasteiger partial charge is 0.263 e. The molecular weight excluding hydrogens is 334 g/mol. The van der Waals surface area contributed by atoms with Gasteiger partial charge in [0.05, 0.1) is 12.2 Å². The lowest BCUT2D eigenvalue weighted by Crippen LogP contribution is -2.50. The molecule has 0 bridgehead atoms. The Morgan fingerprint density at radius 3 is 2.73 bits per heavy atom. The fourth-order valence-electron chi connectivity index (χ4n) is 3.06. The van der Waals surface area contributed by atoms with Crippen molar-refractivity contribution in [1.29, 1.82) is 0 Å². The molecule has 0 unspecified atom stereocenters. The highest BCUT2D eigenvalue weighted by molar-refractivity contribution is 5.95. The number of pyridine rings is 1. The maximum absolute atomic E-state index is 12.6. The van der Waals surface area contributed by atoms with Crippen LogP contribution in [-0.4, -0.2) is 29.4 Å². The van der Waals surface area contributed by atoms with Crippen LogP contribution in [0.25, 0.3) is 0 Å². The summed E-state index contributed by atoms with van der Waals surface area (Å²) in [6, 6.07) is 8.95. The maximum Gasteiger partial charge on any atom is 0.263 e. The molecular formula is C19H21N3O4. The molecule has 0 radical (unpaired) electrons. The minimum Gasteiger partial charge on any atom is -0.477 e. The second-order valence-corrected chi connectivity index (χ2v) is 6.36. The average Bonchev–Trinajstić information content (AvgIpc) is 2.59. The number of aryl methyl sites for hydroxylation is 2. The van der Waals surface area contributed by atoms with Gasteiger partial charge in [-0.2, -0.15) is 0 Å². The van der Waals surface area contributed by atoms with Gasteiger partial charge in [0.2, 0.25) is 5.91 Å². The fourth-order valence-corrected chi connectivity index (χ4v) is 3.06. The maximum atomic E-state index is 12.6. The Labute approximate surface area is 151 Å². The van der Waals surface area contributed by atoms with Gasteiger partial charge in [0.25, 0.3) is 11.5 Å². The standard InChI is InChI=1S/C19H21N3O4/c1-11-8-12(2)21-18(24)14(11)9-20-19(25)17-10-22(13(3)23)15-6-4-5-7-16(15)26-17/h4-8,17H,9-10H2,1-3H3,(H,20,25)(H,21,24)/t17-/m1/s1. The Kier molecular flexibility index (Phi) is 4.79. The number of fused-ring (bicyclic) bond motifs is 1. The molecule has 1 aliphatic rings. The summed E-state index contributed by atoms with van der Waals surface area (Å²) in [6.45, 7) is 5.31. The molecule has 7 heteroatoms. The first-order chi connectivity index (χ1) is 12.4. The molecule has 1 aliphatic heterocycles. The zero-order valence-electron chi connectivity index (χ0n) is 15.0. The van der Waals surface area contributed by atoms with Crippen molar-refractivity contribution >= 4 is 17.5 Å². The van der Waals surface area contributed by atoms with Crippen LogP contribution in [-0.2, 0) is 16.1 Å². The number of carbonyl (C=O) groups excluding carboxylic acids is 2. The summed E-state index contributed by atoms with van der Waals surface area (Å²) in [5.74, 6) is -0.0482. The van der Waals surface area contributed by atoms with Crippen molar-refractivity contribution in [1.82, 2.24) is 10.3 Å². The van der Waals surface area contributed by atoms with Crippen LogP contribution < -0.4 is 20.5 Å². The number of carbonyl (C=O) groups is 2. The highest BCUT2D eigenvalue weighted by Crippen LogP contribution is 2.33. The molecule has 2 aromatic rings. The summed E-state index contributed by atoms with van der Waals surface area (Å²) >= 11 is 0. The second kappa shape index (κ2) is 7.03. The third-order valence-corrected chi connectivity index (χ3v) is 4.38. The van der Waals surface area contributed by atoms with Gasteiger partial charge < -0.3 is 19.9 Å². The van der Waals surface area contributed by atoms with Crippen molar-refractivity contribution in [3.63, 3.8) is 0 Å². The van der Waals surface area contributed by atoms with Crippen molar-refractivity contribution in [2.75, 3.05) is 11.4 Å². The normalized spacial score (nSPS) is 15.8. The Hall–Kier alpha value is -3.09. The van der Waals surface area contributed by atoms with Crippen molar-refractivity contribution in [2.45, 2.75) is 33.4 Å². The first kappa shape index (κ1) is 17.7. The molecule has 1 atom stereocenters. The van der Waals surface area contributed by atoms with Gasteiger partial charge in [0.15, 0.2) is 6.10 Å². The Balaban J connectivity index is 1.75. The first-order valence-corrected chi connectivity index (χ1v) is 8.37. The molecule has 1 aromatic carbocycles. The quantitative estimate of drug-likeness (QED) is 0.871. The molecule has 2 heterocycles. The number of rotatable bonds is 3. The largest absolute Gasteiger partial charge is 0.477 e. The summed E-state index contributed by atoms with van der Waals surface area (Å²) in [5, 5.41) is 2.74. The first-order valence-electron chi connectivity index (χ1n) is 8.37. The lowest BCUT2D eigenvalue weighted by molar-refractivity contribution is -0.128. The minimum absolute atomic E-state index is 0.0991. The number of ether oxygens (including phenoxy) is 1. The van der Waals surface area contributed by atoms with Crippen LogP contribution in [0.3, 0.4) is 0 Å². The van der Waals surface area contributed by atoms with E-state index in [0.29, 0.717) is 17.0 Å². The van der Waals surface area contributed by atoms with Gasteiger partial charge >= 0.3 is 0 Å². The van der Waals surface area contributed by atoms with E-state index in [2.05, 4.69) is 10.3 Å². The van der Waals surface area contributed by atoms with Gasteiger partial charge in [-0.3, -0.25) is 14.4 Å². The van der Waals surface area contributed by atoms with Crippen LogP contribution in [0.1, 0.15) is 23.7 Å². The molecule has 7 nitrogen and oxygen atoms in total. The molecule has 0 spiro atoms. The van der Waals surface area contributed by atoms with Gasteiger partial charge in [-0.1, -0.05) is 12.1 Å². The summed E-state index contributed by atoms with van der Waals surface area (Å²) in [7, 11) is 0. The van der Waals surface area contributed by atoms with E-state index in [-0.39, 0.29) is 30.5 Å². The number of aromatic amines is 1. The lowest BCUT2D eigenvalue weighted by atomic mass is 10.1. The van der Waals surface area contributed by atoms with Gasteiger partial charge in [0.1, 0.15) is 5.75 Å². The molecule has 3 rings (SSSR count). The van der Waals surface area contributed by atoms with Gasteiger partial charge in [0, 0.05) is 24.7 Å². The second-order valence-electron chi connectivity index (χ2n) is 6.36. The number of aromatic nitrogens is 1. The molecule has 1 aromatic heterocycles. The Morgan fingerprint density at radius 1 is 1.31 bits per heavy atom. The average molecular weight is 355 g/mol. The van der Waals surface area contributed by atoms with E-state index in [0.717, 1.165) is 11.3 Å². The summed E-state index contributed by atoms with van der Waals surface area (Å²) < 4.78 is 5.75. The van der Waals surface area contributed by atoms with Gasteiger partial charge in [-0.25, -0.2) is 0 Å². The van der Waals surface area contributed by atoms with Crippen molar-refractivity contribution in [3.8, 4) is 5.75 Å². The summed E-state index contributed by atoms with van der Waals surface area (Å²) in [5.41, 5.74) is 2.51. The van der Waals surface area contributed by atoms with E-state index < -0.39 is 6.10 Å². The van der Waals surface area contributed by atoms with Crippen LogP contribution in [0.15, 0.2) is 35.1 Å². The number of hydrogen-bond donors (Lipinski definition) is 2. The van der Waals surface area contributed by atoms with Crippen molar-refractivity contribution in [3.05, 3.63) is 57.5 Å². The zero-order valence-corrected chi connectivity index (χ0v) is 15.0. The van der Waals surface area contributed by atoms with Gasteiger partial charge in [-0.15, -0.1) is 0 Å². The third kappa shape index (κ3) is 3.46. The number of amides is 2. The molecule has 0 saturated heterocycles. The summed E-state index contributed by atoms with van der Waals surface area (Å²) in [4.78, 5) is 40.8. The third-order valence-electron chi connectivity index (χ3n) is 4.38. The number of anilines is 1. The lowest BCUT2D eigenvalue weighted by Gasteiger charge is -2.33. The Morgan fingerprint density at radius 2 is 2.04 bits per heavy atom. The van der Waals surface area contributed by atoms with Crippen molar-refractivity contribution < 1.29 is 14.3 Å². The number of benzene rings is 1. The Bertz CT molecular complexity index is 919. The number of hydrogen-bond acceptors (Lipinski definition) is 4. The zero-order chi connectivity index (χ0) is 18.8.